The highest BCUT2D eigenvalue weighted by Gasteiger charge is 2.07. The Kier molecular flexibility index (Phi) is 4.53. The van der Waals surface area contributed by atoms with Crippen LogP contribution in [0.15, 0.2) is 41.7 Å². The van der Waals surface area contributed by atoms with Crippen LogP contribution < -0.4 is 10.5 Å². The van der Waals surface area contributed by atoms with Gasteiger partial charge in [-0.25, -0.2) is 18.5 Å². The zero-order valence-corrected chi connectivity index (χ0v) is 12.1. The molecule has 108 valence electrons. The average Bonchev–Trinajstić information content (AvgIpc) is 2.84. The second-order valence-electron chi connectivity index (χ2n) is 4.55. The Morgan fingerprint density at radius 2 is 2.00 bits per heavy atom. The zero-order valence-electron chi connectivity index (χ0n) is 11.3. The smallest absolute Gasteiger partial charge is 0.238 e. The van der Waals surface area contributed by atoms with Crippen LogP contribution in [0.1, 0.15) is 11.3 Å². The minimum atomic E-state index is -3.62. The molecule has 20 heavy (non-hydrogen) atoms. The van der Waals surface area contributed by atoms with Crippen LogP contribution in [0.4, 0.5) is 0 Å². The lowest BCUT2D eigenvalue weighted by atomic mass is 10.1. The van der Waals surface area contributed by atoms with Crippen LogP contribution in [0.5, 0.6) is 0 Å². The van der Waals surface area contributed by atoms with Gasteiger partial charge in [0.2, 0.25) is 10.0 Å². The molecule has 6 nitrogen and oxygen atoms in total. The van der Waals surface area contributed by atoms with Crippen molar-refractivity contribution in [3.8, 4) is 0 Å². The van der Waals surface area contributed by atoms with Crippen LogP contribution in [0.25, 0.3) is 0 Å². The second-order valence-corrected chi connectivity index (χ2v) is 6.11. The minimum absolute atomic E-state index is 0.139. The first-order chi connectivity index (χ1) is 9.50. The van der Waals surface area contributed by atoms with Gasteiger partial charge in [-0.15, -0.1) is 0 Å². The summed E-state index contributed by atoms with van der Waals surface area (Å²) in [6, 6.07) is 6.64. The number of rotatable bonds is 6. The molecule has 0 saturated carbocycles. The molecule has 0 amide bonds. The Balaban J connectivity index is 2.02. The van der Waals surface area contributed by atoms with E-state index in [0.29, 0.717) is 0 Å². The highest BCUT2D eigenvalue weighted by atomic mass is 32.2. The van der Waals surface area contributed by atoms with Crippen molar-refractivity contribution in [2.45, 2.75) is 24.4 Å². The van der Waals surface area contributed by atoms with E-state index in [1.807, 2.05) is 13.2 Å². The van der Waals surface area contributed by atoms with Crippen LogP contribution >= 0.6 is 0 Å². The molecule has 7 heteroatoms. The fraction of sp³-hybridized carbons (Fsp3) is 0.308. The van der Waals surface area contributed by atoms with Crippen molar-refractivity contribution in [2.24, 2.45) is 5.14 Å². The van der Waals surface area contributed by atoms with Gasteiger partial charge in [-0.1, -0.05) is 12.1 Å². The van der Waals surface area contributed by atoms with Gasteiger partial charge < -0.3 is 9.88 Å². The molecule has 3 N–H and O–H groups in total. The predicted molar refractivity (Wildman–Crippen MR) is 76.5 cm³/mol. The summed E-state index contributed by atoms with van der Waals surface area (Å²) in [5, 5.41) is 8.16. The Hall–Kier alpha value is -1.70. The lowest BCUT2D eigenvalue weighted by Gasteiger charge is -2.08. The first kappa shape index (κ1) is 14.7. The largest absolute Gasteiger partial charge is 0.333 e. The van der Waals surface area contributed by atoms with E-state index in [4.69, 9.17) is 5.14 Å². The molecule has 1 aromatic heterocycles. The number of imidazole rings is 1. The normalized spacial score (nSPS) is 11.7. The molecule has 0 saturated heterocycles. The standard InChI is InChI=1S/C13H18N4O2S/c1-15-8-12-9-16-10-17(12)7-6-11-2-4-13(5-3-11)20(14,18)19/h2-5,9-10,15H,6-8H2,1H3,(H2,14,18,19). The molecule has 0 aliphatic carbocycles. The molecule has 0 aliphatic rings. The predicted octanol–water partition coefficient (Wildman–Crippen LogP) is 0.493. The maximum absolute atomic E-state index is 11.2. The van der Waals surface area contributed by atoms with Crippen LogP contribution in [-0.4, -0.2) is 25.0 Å². The molecule has 2 aromatic rings. The summed E-state index contributed by atoms with van der Waals surface area (Å²) in [7, 11) is -1.72. The summed E-state index contributed by atoms with van der Waals surface area (Å²) < 4.78 is 24.4. The van der Waals surface area contributed by atoms with Crippen molar-refractivity contribution in [1.29, 1.82) is 0 Å². The lowest BCUT2D eigenvalue weighted by molar-refractivity contribution is 0.597. The van der Waals surface area contributed by atoms with E-state index in [2.05, 4.69) is 14.9 Å². The minimum Gasteiger partial charge on any atom is -0.333 e. The molecular weight excluding hydrogens is 276 g/mol. The summed E-state index contributed by atoms with van der Waals surface area (Å²) >= 11 is 0. The van der Waals surface area contributed by atoms with Crippen molar-refractivity contribution in [1.82, 2.24) is 14.9 Å². The van der Waals surface area contributed by atoms with Gasteiger partial charge in [0, 0.05) is 19.3 Å². The number of primary sulfonamides is 1. The van der Waals surface area contributed by atoms with Crippen LogP contribution in [0, 0.1) is 0 Å². The van der Waals surface area contributed by atoms with Gasteiger partial charge in [-0.2, -0.15) is 0 Å². The number of aromatic nitrogens is 2. The monoisotopic (exact) mass is 294 g/mol. The van der Waals surface area contributed by atoms with Gasteiger partial charge in [0.15, 0.2) is 0 Å². The van der Waals surface area contributed by atoms with Gasteiger partial charge in [0.1, 0.15) is 0 Å². The molecule has 0 bridgehead atoms. The third-order valence-corrected chi connectivity index (χ3v) is 3.98. The third-order valence-electron chi connectivity index (χ3n) is 3.05. The zero-order chi connectivity index (χ0) is 14.6. The summed E-state index contributed by atoms with van der Waals surface area (Å²) in [5.74, 6) is 0. The van der Waals surface area contributed by atoms with Gasteiger partial charge in [0.25, 0.3) is 0 Å². The number of hydrogen-bond donors (Lipinski definition) is 2. The molecule has 0 radical (unpaired) electrons. The van der Waals surface area contributed by atoms with Crippen molar-refractivity contribution < 1.29 is 8.42 Å². The van der Waals surface area contributed by atoms with E-state index in [1.165, 1.54) is 12.1 Å². The molecular formula is C13H18N4O2S. The Morgan fingerprint density at radius 1 is 1.30 bits per heavy atom. The average molecular weight is 294 g/mol. The van der Waals surface area contributed by atoms with E-state index >= 15 is 0 Å². The molecule has 0 unspecified atom stereocenters. The molecule has 0 fully saturated rings. The number of aryl methyl sites for hydroxylation is 2. The second kappa shape index (κ2) is 6.17. The van der Waals surface area contributed by atoms with Gasteiger partial charge in [-0.3, -0.25) is 0 Å². The van der Waals surface area contributed by atoms with Crippen molar-refractivity contribution in [3.63, 3.8) is 0 Å². The molecule has 0 spiro atoms. The summed E-state index contributed by atoms with van der Waals surface area (Å²) in [5.41, 5.74) is 2.18. The number of nitrogens with zero attached hydrogens (tertiary/aromatic N) is 2. The van der Waals surface area contributed by atoms with Crippen LogP contribution in [0.3, 0.4) is 0 Å². The van der Waals surface area contributed by atoms with E-state index in [9.17, 15) is 8.42 Å². The first-order valence-corrected chi connectivity index (χ1v) is 7.80. The third kappa shape index (κ3) is 3.66. The number of nitrogens with two attached hydrogens (primary N) is 1. The highest BCUT2D eigenvalue weighted by molar-refractivity contribution is 7.89. The Morgan fingerprint density at radius 3 is 2.60 bits per heavy atom. The fourth-order valence-corrected chi connectivity index (χ4v) is 2.49. The van der Waals surface area contributed by atoms with E-state index in [0.717, 1.165) is 30.8 Å². The first-order valence-electron chi connectivity index (χ1n) is 6.26. The van der Waals surface area contributed by atoms with Crippen LogP contribution in [-0.2, 0) is 29.5 Å². The van der Waals surface area contributed by atoms with Gasteiger partial charge in [0.05, 0.1) is 16.9 Å². The number of hydrogen-bond acceptors (Lipinski definition) is 4. The van der Waals surface area contributed by atoms with Gasteiger partial charge >= 0.3 is 0 Å². The molecule has 1 heterocycles. The summed E-state index contributed by atoms with van der Waals surface area (Å²) in [4.78, 5) is 4.27. The topological polar surface area (TPSA) is 90.0 Å². The number of nitrogens with one attached hydrogen (secondary N) is 1. The number of benzene rings is 1. The van der Waals surface area contributed by atoms with Crippen LogP contribution in [0.2, 0.25) is 0 Å². The van der Waals surface area contributed by atoms with Crippen molar-refractivity contribution in [3.05, 3.63) is 48.0 Å². The lowest BCUT2D eigenvalue weighted by Crippen LogP contribution is -2.13. The van der Waals surface area contributed by atoms with Gasteiger partial charge in [-0.05, 0) is 31.2 Å². The quantitative estimate of drug-likeness (QED) is 0.811. The SMILES string of the molecule is CNCc1cncn1CCc1ccc(S(N)(=O)=O)cc1. The summed E-state index contributed by atoms with van der Waals surface area (Å²) in [6.07, 6.45) is 4.43. The number of sulfonamides is 1. The molecule has 2 rings (SSSR count). The Bertz CT molecular complexity index is 662. The van der Waals surface area contributed by atoms with Crippen molar-refractivity contribution in [2.75, 3.05) is 7.05 Å². The van der Waals surface area contributed by atoms with E-state index in [-0.39, 0.29) is 4.90 Å². The maximum Gasteiger partial charge on any atom is 0.238 e. The maximum atomic E-state index is 11.2. The molecule has 1 aromatic carbocycles. The van der Waals surface area contributed by atoms with E-state index in [1.54, 1.807) is 18.5 Å². The van der Waals surface area contributed by atoms with Crippen molar-refractivity contribution >= 4 is 10.0 Å². The molecule has 0 aliphatic heterocycles. The van der Waals surface area contributed by atoms with E-state index < -0.39 is 10.0 Å². The summed E-state index contributed by atoms with van der Waals surface area (Å²) in [6.45, 7) is 1.57. The Labute approximate surface area is 118 Å². The highest BCUT2D eigenvalue weighted by Crippen LogP contribution is 2.10. The molecule has 0 atom stereocenters. The fourth-order valence-electron chi connectivity index (χ4n) is 1.97.